The third-order valence-electron chi connectivity index (χ3n) is 3.82. The highest BCUT2D eigenvalue weighted by atomic mass is 16.1. The van der Waals surface area contributed by atoms with Crippen molar-refractivity contribution in [3.05, 3.63) is 53.1 Å². The number of carbonyl (C=O) groups excluding carboxylic acids is 1. The first-order chi connectivity index (χ1) is 11.0. The zero-order valence-corrected chi connectivity index (χ0v) is 13.5. The number of anilines is 1. The molecule has 0 saturated heterocycles. The topological polar surface area (TPSA) is 72.2 Å². The second-order valence-corrected chi connectivity index (χ2v) is 5.58. The van der Waals surface area contributed by atoms with Crippen LogP contribution < -0.4 is 5.32 Å². The first-order valence-corrected chi connectivity index (χ1v) is 7.58. The Balaban J connectivity index is 1.75. The summed E-state index contributed by atoms with van der Waals surface area (Å²) < 4.78 is 1.84. The third kappa shape index (κ3) is 3.21. The molecule has 3 aromatic rings. The van der Waals surface area contributed by atoms with Gasteiger partial charge in [-0.15, -0.1) is 0 Å². The minimum absolute atomic E-state index is 0.0563. The van der Waals surface area contributed by atoms with Crippen molar-refractivity contribution in [3.8, 4) is 0 Å². The van der Waals surface area contributed by atoms with Crippen LogP contribution in [0.15, 0.2) is 30.5 Å². The number of rotatable bonds is 4. The molecule has 0 aliphatic heterocycles. The summed E-state index contributed by atoms with van der Waals surface area (Å²) in [5.74, 6) is 0.515. The second kappa shape index (κ2) is 6.16. The smallest absolute Gasteiger partial charge is 0.225 e. The minimum atomic E-state index is -0.0563. The summed E-state index contributed by atoms with van der Waals surface area (Å²) in [6.07, 6.45) is 2.66. The normalized spacial score (nSPS) is 10.9. The SMILES string of the molecule is Cc1cc2nc(C)c(CCC(=O)Nc3ccccn3)c(C)n2n1. The monoisotopic (exact) mass is 309 g/mol. The Morgan fingerprint density at radius 2 is 2.09 bits per heavy atom. The number of hydrogen-bond acceptors (Lipinski definition) is 4. The van der Waals surface area contributed by atoms with Gasteiger partial charge in [0.2, 0.25) is 5.91 Å². The van der Waals surface area contributed by atoms with Crippen LogP contribution in [-0.2, 0) is 11.2 Å². The van der Waals surface area contributed by atoms with Crippen LogP contribution in [0.3, 0.4) is 0 Å². The Bertz CT molecular complexity index is 854. The highest BCUT2D eigenvalue weighted by Gasteiger charge is 2.13. The number of nitrogens with one attached hydrogen (secondary N) is 1. The summed E-state index contributed by atoms with van der Waals surface area (Å²) in [5.41, 5.74) is 4.83. The number of carbonyl (C=O) groups is 1. The predicted octanol–water partition coefficient (Wildman–Crippen LogP) is 2.62. The Hall–Kier alpha value is -2.76. The number of amides is 1. The molecule has 23 heavy (non-hydrogen) atoms. The van der Waals surface area contributed by atoms with Crippen molar-refractivity contribution in [3.63, 3.8) is 0 Å². The van der Waals surface area contributed by atoms with Crippen LogP contribution in [0.5, 0.6) is 0 Å². The molecule has 3 aromatic heterocycles. The number of nitrogens with zero attached hydrogens (tertiary/aromatic N) is 4. The molecular formula is C17H19N5O. The van der Waals surface area contributed by atoms with Crippen LogP contribution in [0.4, 0.5) is 5.82 Å². The van der Waals surface area contributed by atoms with E-state index in [2.05, 4.69) is 20.4 Å². The van der Waals surface area contributed by atoms with Crippen molar-refractivity contribution in [2.45, 2.75) is 33.6 Å². The molecule has 0 saturated carbocycles. The van der Waals surface area contributed by atoms with E-state index < -0.39 is 0 Å². The van der Waals surface area contributed by atoms with Crippen LogP contribution in [0, 0.1) is 20.8 Å². The van der Waals surface area contributed by atoms with E-state index in [0.29, 0.717) is 18.7 Å². The van der Waals surface area contributed by atoms with Crippen LogP contribution in [-0.4, -0.2) is 25.5 Å². The molecule has 0 aliphatic carbocycles. The molecule has 1 amide bonds. The lowest BCUT2D eigenvalue weighted by atomic mass is 10.1. The van der Waals surface area contributed by atoms with Crippen molar-refractivity contribution >= 4 is 17.4 Å². The number of fused-ring (bicyclic) bond motifs is 1. The van der Waals surface area contributed by atoms with Gasteiger partial charge in [-0.05, 0) is 44.9 Å². The zero-order valence-electron chi connectivity index (χ0n) is 13.5. The lowest BCUT2D eigenvalue weighted by Gasteiger charge is -2.11. The van der Waals surface area contributed by atoms with Gasteiger partial charge in [-0.1, -0.05) is 6.07 Å². The van der Waals surface area contributed by atoms with Gasteiger partial charge in [0.1, 0.15) is 5.82 Å². The summed E-state index contributed by atoms with van der Waals surface area (Å²) in [4.78, 5) is 20.8. The summed E-state index contributed by atoms with van der Waals surface area (Å²) in [6, 6.07) is 7.39. The maximum absolute atomic E-state index is 12.1. The fourth-order valence-electron chi connectivity index (χ4n) is 2.68. The molecule has 0 fully saturated rings. The first-order valence-electron chi connectivity index (χ1n) is 7.58. The van der Waals surface area contributed by atoms with Crippen molar-refractivity contribution in [1.29, 1.82) is 0 Å². The molecule has 1 N–H and O–H groups in total. The number of aromatic nitrogens is 4. The molecule has 3 heterocycles. The minimum Gasteiger partial charge on any atom is -0.311 e. The van der Waals surface area contributed by atoms with Crippen LogP contribution in [0.25, 0.3) is 5.65 Å². The average Bonchev–Trinajstić information content (AvgIpc) is 2.88. The summed E-state index contributed by atoms with van der Waals surface area (Å²) in [5, 5.41) is 7.25. The predicted molar refractivity (Wildman–Crippen MR) is 88.4 cm³/mol. The van der Waals surface area contributed by atoms with Gasteiger partial charge in [0.05, 0.1) is 5.69 Å². The van der Waals surface area contributed by atoms with Crippen molar-refractivity contribution in [1.82, 2.24) is 19.6 Å². The standard InChI is InChI=1S/C17H19N5O/c1-11-10-16-19-12(2)14(13(3)22(16)21-11)7-8-17(23)20-15-6-4-5-9-18-15/h4-6,9-10H,7-8H2,1-3H3,(H,18,20,23). The van der Waals surface area contributed by atoms with E-state index in [1.54, 1.807) is 12.3 Å². The molecule has 3 rings (SSSR count). The number of hydrogen-bond donors (Lipinski definition) is 1. The average molecular weight is 309 g/mol. The molecule has 6 nitrogen and oxygen atoms in total. The van der Waals surface area contributed by atoms with E-state index in [0.717, 1.165) is 28.3 Å². The molecule has 0 aliphatic rings. The summed E-state index contributed by atoms with van der Waals surface area (Å²) in [6.45, 7) is 5.94. The molecule has 0 unspecified atom stereocenters. The van der Waals surface area contributed by atoms with E-state index in [4.69, 9.17) is 0 Å². The highest BCUT2D eigenvalue weighted by molar-refractivity contribution is 5.89. The fraction of sp³-hybridized carbons (Fsp3) is 0.294. The Morgan fingerprint density at radius 1 is 1.26 bits per heavy atom. The van der Waals surface area contributed by atoms with Gasteiger partial charge < -0.3 is 5.32 Å². The molecule has 118 valence electrons. The molecule has 0 bridgehead atoms. The summed E-state index contributed by atoms with van der Waals surface area (Å²) >= 11 is 0. The van der Waals surface area contributed by atoms with Gasteiger partial charge >= 0.3 is 0 Å². The maximum Gasteiger partial charge on any atom is 0.225 e. The molecular weight excluding hydrogens is 290 g/mol. The number of pyridine rings is 1. The third-order valence-corrected chi connectivity index (χ3v) is 3.82. The molecule has 0 atom stereocenters. The van der Waals surface area contributed by atoms with E-state index in [9.17, 15) is 4.79 Å². The lowest BCUT2D eigenvalue weighted by Crippen LogP contribution is -2.15. The van der Waals surface area contributed by atoms with Gasteiger partial charge in [0.25, 0.3) is 0 Å². The van der Waals surface area contributed by atoms with Crippen molar-refractivity contribution < 1.29 is 4.79 Å². The van der Waals surface area contributed by atoms with Crippen molar-refractivity contribution in [2.75, 3.05) is 5.32 Å². The second-order valence-electron chi connectivity index (χ2n) is 5.58. The van der Waals surface area contributed by atoms with Crippen LogP contribution in [0.2, 0.25) is 0 Å². The van der Waals surface area contributed by atoms with Gasteiger partial charge in [-0.25, -0.2) is 14.5 Å². The van der Waals surface area contributed by atoms with E-state index in [-0.39, 0.29) is 5.91 Å². The largest absolute Gasteiger partial charge is 0.311 e. The van der Waals surface area contributed by atoms with Crippen LogP contribution in [0.1, 0.15) is 29.1 Å². The highest BCUT2D eigenvalue weighted by Crippen LogP contribution is 2.17. The van der Waals surface area contributed by atoms with Crippen molar-refractivity contribution in [2.24, 2.45) is 0 Å². The molecule has 6 heteroatoms. The lowest BCUT2D eigenvalue weighted by molar-refractivity contribution is -0.116. The quantitative estimate of drug-likeness (QED) is 0.804. The maximum atomic E-state index is 12.1. The Morgan fingerprint density at radius 3 is 2.83 bits per heavy atom. The van der Waals surface area contributed by atoms with Gasteiger partial charge in [-0.2, -0.15) is 5.10 Å². The van der Waals surface area contributed by atoms with E-state index >= 15 is 0 Å². The molecule has 0 spiro atoms. The summed E-state index contributed by atoms with van der Waals surface area (Å²) in [7, 11) is 0. The van der Waals surface area contributed by atoms with Crippen LogP contribution >= 0.6 is 0 Å². The first kappa shape index (κ1) is 15.1. The van der Waals surface area contributed by atoms with Gasteiger partial charge in [0, 0.05) is 30.1 Å². The number of aryl methyl sites for hydroxylation is 3. The van der Waals surface area contributed by atoms with Gasteiger partial charge in [-0.3, -0.25) is 4.79 Å². The Kier molecular flexibility index (Phi) is 4.06. The van der Waals surface area contributed by atoms with E-state index in [1.165, 1.54) is 0 Å². The molecule has 0 radical (unpaired) electrons. The zero-order chi connectivity index (χ0) is 16.4. The van der Waals surface area contributed by atoms with Gasteiger partial charge in [0.15, 0.2) is 5.65 Å². The van der Waals surface area contributed by atoms with E-state index in [1.807, 2.05) is 43.5 Å². The fourth-order valence-corrected chi connectivity index (χ4v) is 2.68. The molecule has 0 aromatic carbocycles. The Labute approximate surface area is 134 Å².